The fraction of sp³-hybridized carbons (Fsp3) is 0.625. The van der Waals surface area contributed by atoms with Crippen molar-refractivity contribution in [1.82, 2.24) is 0 Å². The Morgan fingerprint density at radius 3 is 2.18 bits per heavy atom. The molecule has 0 saturated heterocycles. The minimum Gasteiger partial charge on any atom is -0.269 e. The number of sulfonamides is 1. The average molecular weight is 360 g/mol. The van der Waals surface area contributed by atoms with E-state index in [1.807, 2.05) is 30.3 Å². The lowest BCUT2D eigenvalue weighted by molar-refractivity contribution is 0.586. The minimum atomic E-state index is -3.23. The molecule has 3 rings (SSSR count). The van der Waals surface area contributed by atoms with Crippen LogP contribution in [0.3, 0.4) is 0 Å². The Kier molecular flexibility index (Phi) is 4.47. The molecule has 0 spiro atoms. The molecule has 3 nitrogen and oxygen atoms in total. The monoisotopic (exact) mass is 359 g/mol. The molecule has 2 aliphatic carbocycles. The Labute approximate surface area is 140 Å². The molecule has 0 radical (unpaired) electrons. The molecule has 0 bridgehead atoms. The number of anilines is 1. The molecular weight excluding hydrogens is 334 g/mol. The van der Waals surface area contributed by atoms with Gasteiger partial charge in [-0.15, -0.1) is 11.7 Å². The molecule has 2 fully saturated rings. The highest BCUT2D eigenvalue weighted by molar-refractivity contribution is 8.87. The topological polar surface area (TPSA) is 37.4 Å². The van der Waals surface area contributed by atoms with Crippen LogP contribution in [0.4, 0.5) is 5.69 Å². The summed E-state index contributed by atoms with van der Waals surface area (Å²) in [6, 6.07) is 9.57. The van der Waals surface area contributed by atoms with Gasteiger partial charge in [0.25, 0.3) is 0 Å². The molecule has 2 aliphatic rings. The zero-order chi connectivity index (χ0) is 16.0. The van der Waals surface area contributed by atoms with Crippen LogP contribution >= 0.6 is 20.7 Å². The molecule has 124 valence electrons. The lowest BCUT2D eigenvalue weighted by Crippen LogP contribution is -2.41. The molecule has 0 heterocycles. The van der Waals surface area contributed by atoms with Crippen LogP contribution in [0, 0.1) is 5.92 Å². The number of hydrogen-bond donors (Lipinski definition) is 1. The number of rotatable bonds is 7. The second kappa shape index (κ2) is 5.95. The van der Waals surface area contributed by atoms with E-state index in [0.29, 0.717) is 17.7 Å². The van der Waals surface area contributed by atoms with Gasteiger partial charge < -0.3 is 0 Å². The first kappa shape index (κ1) is 16.5. The summed E-state index contributed by atoms with van der Waals surface area (Å²) in [6.07, 6.45) is 8.41. The van der Waals surface area contributed by atoms with Gasteiger partial charge in [0.15, 0.2) is 0 Å². The SMILES string of the molecule is CS(C)(S)C(CN(c1ccccc1)S(=O)(=O)C1CC1)C1CC1. The second-order valence-corrected chi connectivity index (χ2v) is 15.1. The number of nitrogens with zero attached hydrogens (tertiary/aromatic N) is 1. The van der Waals surface area contributed by atoms with Crippen molar-refractivity contribution < 1.29 is 8.42 Å². The molecule has 1 atom stereocenters. The van der Waals surface area contributed by atoms with Gasteiger partial charge >= 0.3 is 0 Å². The lowest BCUT2D eigenvalue weighted by atomic mass is 10.2. The van der Waals surface area contributed by atoms with E-state index in [1.165, 1.54) is 12.8 Å². The minimum absolute atomic E-state index is 0.175. The summed E-state index contributed by atoms with van der Waals surface area (Å²) in [5.41, 5.74) is 0.803. The third-order valence-corrected chi connectivity index (χ3v) is 9.65. The van der Waals surface area contributed by atoms with Gasteiger partial charge in [-0.3, -0.25) is 4.31 Å². The van der Waals surface area contributed by atoms with Crippen molar-refractivity contribution in [3.8, 4) is 0 Å². The number of benzene rings is 1. The summed E-state index contributed by atoms with van der Waals surface area (Å²) in [5.74, 6) is 0.642. The highest BCUT2D eigenvalue weighted by Gasteiger charge is 2.44. The summed E-state index contributed by atoms with van der Waals surface area (Å²) in [6.45, 7) is 0.583. The first-order chi connectivity index (χ1) is 10.3. The van der Waals surface area contributed by atoms with Gasteiger partial charge in [0.2, 0.25) is 10.0 Å². The molecule has 0 aromatic heterocycles. The maximum Gasteiger partial charge on any atom is 0.238 e. The summed E-state index contributed by atoms with van der Waals surface area (Å²) in [4.78, 5) is 0. The smallest absolute Gasteiger partial charge is 0.238 e. The van der Waals surface area contributed by atoms with E-state index in [-0.39, 0.29) is 5.25 Å². The predicted molar refractivity (Wildman–Crippen MR) is 101 cm³/mol. The van der Waals surface area contributed by atoms with E-state index < -0.39 is 19.1 Å². The standard InChI is InChI=1S/C16H25NO2S3/c1-21(2,20)16(13-8-9-13)12-17(14-6-4-3-5-7-14)22(18,19)15-10-11-15/h3-7,13,15-16,20H,8-12H2,1-2H3. The lowest BCUT2D eigenvalue weighted by Gasteiger charge is -2.39. The Balaban J connectivity index is 1.92. The van der Waals surface area contributed by atoms with Crippen LogP contribution in [0.2, 0.25) is 0 Å². The van der Waals surface area contributed by atoms with Crippen molar-refractivity contribution in [2.75, 3.05) is 23.4 Å². The summed E-state index contributed by atoms with van der Waals surface area (Å²) in [7, 11) is -4.31. The number of hydrogen-bond acceptors (Lipinski definition) is 3. The van der Waals surface area contributed by atoms with Crippen LogP contribution < -0.4 is 4.31 Å². The van der Waals surface area contributed by atoms with E-state index >= 15 is 0 Å². The van der Waals surface area contributed by atoms with Crippen molar-refractivity contribution in [3.63, 3.8) is 0 Å². The third-order valence-electron chi connectivity index (χ3n) is 4.53. The maximum atomic E-state index is 12.9. The molecule has 6 heteroatoms. The van der Waals surface area contributed by atoms with Crippen molar-refractivity contribution in [2.24, 2.45) is 5.92 Å². The van der Waals surface area contributed by atoms with Crippen molar-refractivity contribution in [1.29, 1.82) is 0 Å². The highest BCUT2D eigenvalue weighted by Crippen LogP contribution is 2.58. The second-order valence-electron chi connectivity index (χ2n) is 6.84. The predicted octanol–water partition coefficient (Wildman–Crippen LogP) is 3.67. The Bertz CT molecular complexity index is 617. The zero-order valence-corrected chi connectivity index (χ0v) is 15.7. The fourth-order valence-corrected chi connectivity index (χ4v) is 7.34. The van der Waals surface area contributed by atoms with Crippen molar-refractivity contribution in [2.45, 2.75) is 36.2 Å². The summed E-state index contributed by atoms with van der Waals surface area (Å²) >= 11 is 4.84. The van der Waals surface area contributed by atoms with Gasteiger partial charge in [-0.25, -0.2) is 8.42 Å². The molecule has 0 aliphatic heterocycles. The third kappa shape index (κ3) is 3.60. The maximum absolute atomic E-state index is 12.9. The number of para-hydroxylation sites is 1. The molecule has 2 saturated carbocycles. The number of thiol groups is 1. The quantitative estimate of drug-likeness (QED) is 0.596. The van der Waals surface area contributed by atoms with E-state index in [1.54, 1.807) is 4.31 Å². The van der Waals surface area contributed by atoms with Gasteiger partial charge in [-0.05, 0) is 56.2 Å². The van der Waals surface area contributed by atoms with Gasteiger partial charge in [0.05, 0.1) is 10.9 Å². The van der Waals surface area contributed by atoms with Crippen LogP contribution in [-0.2, 0) is 10.0 Å². The Morgan fingerprint density at radius 2 is 1.73 bits per heavy atom. The van der Waals surface area contributed by atoms with E-state index in [9.17, 15) is 8.42 Å². The largest absolute Gasteiger partial charge is 0.269 e. The van der Waals surface area contributed by atoms with E-state index in [4.69, 9.17) is 11.7 Å². The van der Waals surface area contributed by atoms with E-state index in [0.717, 1.165) is 18.5 Å². The van der Waals surface area contributed by atoms with E-state index in [2.05, 4.69) is 12.5 Å². The summed E-state index contributed by atoms with van der Waals surface area (Å²) < 4.78 is 27.5. The van der Waals surface area contributed by atoms with Gasteiger partial charge in [-0.2, -0.15) is 9.06 Å². The molecule has 1 aromatic carbocycles. The van der Waals surface area contributed by atoms with Crippen molar-refractivity contribution in [3.05, 3.63) is 30.3 Å². The van der Waals surface area contributed by atoms with Gasteiger partial charge in [-0.1, -0.05) is 18.2 Å². The molecule has 22 heavy (non-hydrogen) atoms. The Hall–Kier alpha value is -0.330. The normalized spacial score (nSPS) is 21.4. The molecule has 1 aromatic rings. The fourth-order valence-electron chi connectivity index (χ4n) is 2.93. The Morgan fingerprint density at radius 1 is 1.14 bits per heavy atom. The molecular formula is C16H25NO2S3. The first-order valence-corrected chi connectivity index (χ1v) is 12.9. The van der Waals surface area contributed by atoms with Crippen LogP contribution in [0.15, 0.2) is 30.3 Å². The van der Waals surface area contributed by atoms with Crippen LogP contribution in [0.5, 0.6) is 0 Å². The summed E-state index contributed by atoms with van der Waals surface area (Å²) in [5, 5.41) is 0.190. The average Bonchev–Trinajstić information content (AvgIpc) is 3.30. The van der Waals surface area contributed by atoms with Crippen LogP contribution in [-0.4, -0.2) is 38.0 Å². The van der Waals surface area contributed by atoms with Crippen molar-refractivity contribution >= 4 is 36.4 Å². The van der Waals surface area contributed by atoms with Gasteiger partial charge in [0, 0.05) is 11.8 Å². The van der Waals surface area contributed by atoms with Gasteiger partial charge in [0.1, 0.15) is 0 Å². The molecule has 1 unspecified atom stereocenters. The zero-order valence-electron chi connectivity index (χ0n) is 13.2. The first-order valence-electron chi connectivity index (χ1n) is 7.81. The molecule has 0 amide bonds. The molecule has 0 N–H and O–H groups in total. The highest BCUT2D eigenvalue weighted by atomic mass is 33.1. The van der Waals surface area contributed by atoms with Crippen LogP contribution in [0.1, 0.15) is 25.7 Å². The van der Waals surface area contributed by atoms with Crippen LogP contribution in [0.25, 0.3) is 0 Å².